The lowest BCUT2D eigenvalue weighted by Gasteiger charge is -2.25. The van der Waals surface area contributed by atoms with Gasteiger partial charge in [-0.05, 0) is 11.8 Å². The SMILES string of the molecule is Nc1nc2c(nnn2[C@@H]2O[C@H](CO)[C@H](F)[C@H]2OP(O)(=S)OC[C@H]2O[C@@H](c3cnc4c(N)ncnn34)C[C@@H]2O)c(=O)[nH]1. The smallest absolute Gasteiger partial charge is 0.325 e. The normalized spacial score (nSPS) is 29.9. The van der Waals surface area contributed by atoms with Gasteiger partial charge in [0, 0.05) is 6.42 Å². The van der Waals surface area contributed by atoms with E-state index in [4.69, 9.17) is 41.8 Å². The molecule has 4 aromatic heterocycles. The Morgan fingerprint density at radius 3 is 2.85 bits per heavy atom. The number of ether oxygens (including phenoxy) is 2. The number of nitrogens with two attached hydrogens (primary N) is 2. The minimum atomic E-state index is -4.23. The van der Waals surface area contributed by atoms with Gasteiger partial charge in [-0.1, -0.05) is 5.21 Å². The number of nitrogens with zero attached hydrogens (tertiary/aromatic N) is 8. The van der Waals surface area contributed by atoms with E-state index in [9.17, 15) is 19.9 Å². The van der Waals surface area contributed by atoms with Crippen molar-refractivity contribution in [2.75, 3.05) is 24.7 Å². The highest BCUT2D eigenvalue weighted by molar-refractivity contribution is 8.07. The number of nitrogen functional groups attached to an aromatic ring is 2. The van der Waals surface area contributed by atoms with E-state index >= 15 is 4.39 Å². The van der Waals surface area contributed by atoms with Gasteiger partial charge in [0.25, 0.3) is 5.56 Å². The summed E-state index contributed by atoms with van der Waals surface area (Å²) in [4.78, 5) is 37.2. The number of hydrogen-bond acceptors (Lipinski definition) is 16. The van der Waals surface area contributed by atoms with Gasteiger partial charge >= 0.3 is 6.72 Å². The van der Waals surface area contributed by atoms with Gasteiger partial charge in [-0.15, -0.1) is 5.10 Å². The number of H-pyrrole nitrogens is 1. The van der Waals surface area contributed by atoms with E-state index in [0.717, 1.165) is 4.68 Å². The number of aromatic amines is 1. The molecule has 1 unspecified atom stereocenters. The fraction of sp³-hybridized carbons (Fsp3) is 0.526. The van der Waals surface area contributed by atoms with Crippen LogP contribution in [0.1, 0.15) is 24.4 Å². The first-order valence-electron chi connectivity index (χ1n) is 12.0. The van der Waals surface area contributed by atoms with Crippen molar-refractivity contribution in [2.24, 2.45) is 0 Å². The van der Waals surface area contributed by atoms with Crippen LogP contribution in [0, 0.1) is 0 Å². The Labute approximate surface area is 232 Å². The number of aliphatic hydroxyl groups excluding tert-OH is 2. The lowest BCUT2D eigenvalue weighted by molar-refractivity contribution is -0.0569. The van der Waals surface area contributed by atoms with Crippen LogP contribution in [0.3, 0.4) is 0 Å². The van der Waals surface area contributed by atoms with Crippen LogP contribution in [-0.2, 0) is 30.3 Å². The summed E-state index contributed by atoms with van der Waals surface area (Å²) >= 11 is 5.11. The Balaban J connectivity index is 1.17. The minimum absolute atomic E-state index is 0.138. The third kappa shape index (κ3) is 5.04. The van der Waals surface area contributed by atoms with Crippen LogP contribution in [0.15, 0.2) is 17.3 Å². The predicted molar refractivity (Wildman–Crippen MR) is 137 cm³/mol. The number of fused-ring (bicyclic) bond motifs is 2. The van der Waals surface area contributed by atoms with E-state index in [0.29, 0.717) is 11.3 Å². The highest BCUT2D eigenvalue weighted by Crippen LogP contribution is 2.50. The van der Waals surface area contributed by atoms with Crippen molar-refractivity contribution in [2.45, 2.75) is 49.3 Å². The summed E-state index contributed by atoms with van der Waals surface area (Å²) in [5, 5.41) is 31.8. The van der Waals surface area contributed by atoms with E-state index < -0.39 is 68.4 Å². The van der Waals surface area contributed by atoms with Gasteiger partial charge in [-0.3, -0.25) is 14.3 Å². The number of aliphatic hydroxyl groups is 2. The van der Waals surface area contributed by atoms with Crippen molar-refractivity contribution >= 4 is 47.1 Å². The van der Waals surface area contributed by atoms with Crippen LogP contribution >= 0.6 is 6.72 Å². The average Bonchev–Trinajstić information content (AvgIpc) is 3.69. The standard InChI is InChI=1S/C19H23FN11O8PS/c20-11-9(3-32)38-18(31-15-12(28-29-31)17(34)27-19(22)26-15)13(11)39-40(35,41)36-4-10-7(33)1-8(37-10)6-2-23-16-14(21)24-5-25-30(6)16/h2,5,7-11,13,18,32-33H,1,3-4H2,(H,35,41)(H2,21,24,25)(H3,22,26,27,34)/t7-,8+,9+,10+,11-,13+,18+,40?/m0/s1. The third-order valence-corrected chi connectivity index (χ3v) is 8.17. The van der Waals surface area contributed by atoms with E-state index in [2.05, 4.69) is 35.3 Å². The van der Waals surface area contributed by atoms with Crippen LogP contribution < -0.4 is 17.0 Å². The van der Waals surface area contributed by atoms with Crippen molar-refractivity contribution in [3.05, 3.63) is 28.6 Å². The van der Waals surface area contributed by atoms with Crippen molar-refractivity contribution in [1.29, 1.82) is 0 Å². The zero-order valence-corrected chi connectivity index (χ0v) is 22.4. The fourth-order valence-corrected chi connectivity index (χ4v) is 6.08. The quantitative estimate of drug-likeness (QED) is 0.115. The van der Waals surface area contributed by atoms with Crippen LogP contribution in [0.5, 0.6) is 0 Å². The Morgan fingerprint density at radius 2 is 2.07 bits per heavy atom. The molecule has 0 saturated carbocycles. The van der Waals surface area contributed by atoms with Gasteiger partial charge in [0.15, 0.2) is 35.0 Å². The molecule has 0 radical (unpaired) electrons. The molecule has 2 fully saturated rings. The van der Waals surface area contributed by atoms with E-state index in [1.807, 2.05) is 0 Å². The zero-order chi connectivity index (χ0) is 29.1. The molecule has 0 bridgehead atoms. The molecular formula is C19H23FN11O8PS. The summed E-state index contributed by atoms with van der Waals surface area (Å²) < 4.78 is 40.0. The lowest BCUT2D eigenvalue weighted by atomic mass is 10.1. The summed E-state index contributed by atoms with van der Waals surface area (Å²) in [6, 6.07) is 0. The predicted octanol–water partition coefficient (Wildman–Crippen LogP) is -2.15. The molecule has 0 spiro atoms. The number of rotatable bonds is 8. The van der Waals surface area contributed by atoms with Crippen LogP contribution in [0.2, 0.25) is 0 Å². The molecule has 2 saturated heterocycles. The second-order valence-corrected chi connectivity index (χ2v) is 12.0. The number of halogens is 1. The molecule has 220 valence electrons. The molecule has 22 heteroatoms. The fourth-order valence-electron chi connectivity index (χ4n) is 4.67. The number of anilines is 2. The highest BCUT2D eigenvalue weighted by atomic mass is 32.5. The molecule has 8 atom stereocenters. The Bertz CT molecular complexity index is 1700. The number of alkyl halides is 1. The first kappa shape index (κ1) is 27.9. The lowest BCUT2D eigenvalue weighted by Crippen LogP contribution is -2.33. The molecule has 6 rings (SSSR count). The van der Waals surface area contributed by atoms with Crippen LogP contribution in [-0.4, -0.2) is 103 Å². The summed E-state index contributed by atoms with van der Waals surface area (Å²) in [6.07, 6.45) is -6.31. The van der Waals surface area contributed by atoms with Gasteiger partial charge in [0.2, 0.25) is 5.95 Å². The van der Waals surface area contributed by atoms with Crippen LogP contribution in [0.25, 0.3) is 16.8 Å². The largest absolute Gasteiger partial charge is 0.394 e. The van der Waals surface area contributed by atoms with Gasteiger partial charge in [-0.2, -0.15) is 14.8 Å². The first-order valence-corrected chi connectivity index (χ1v) is 14.6. The van der Waals surface area contributed by atoms with Crippen molar-refractivity contribution in [3.63, 3.8) is 0 Å². The van der Waals surface area contributed by atoms with Gasteiger partial charge in [-0.25, -0.2) is 18.9 Å². The topological polar surface area (TPSA) is 269 Å². The zero-order valence-electron chi connectivity index (χ0n) is 20.7. The van der Waals surface area contributed by atoms with Crippen molar-refractivity contribution in [1.82, 2.24) is 44.5 Å². The number of imidazole rings is 1. The van der Waals surface area contributed by atoms with E-state index in [1.165, 1.54) is 17.0 Å². The summed E-state index contributed by atoms with van der Waals surface area (Å²) in [6.45, 7) is -5.40. The molecule has 0 amide bonds. The second kappa shape index (κ2) is 10.5. The average molecular weight is 616 g/mol. The second-order valence-electron chi connectivity index (χ2n) is 9.21. The number of aromatic nitrogens is 9. The molecule has 0 aliphatic carbocycles. The number of nitrogens with one attached hydrogen (secondary N) is 1. The van der Waals surface area contributed by atoms with E-state index in [1.54, 1.807) is 0 Å². The molecule has 19 nitrogen and oxygen atoms in total. The maximum absolute atomic E-state index is 15.3. The maximum Gasteiger partial charge on any atom is 0.325 e. The summed E-state index contributed by atoms with van der Waals surface area (Å²) in [5.74, 6) is -0.0996. The molecule has 2 aliphatic rings. The molecule has 4 aromatic rings. The van der Waals surface area contributed by atoms with Crippen molar-refractivity contribution < 1.29 is 38.0 Å². The molecule has 41 heavy (non-hydrogen) atoms. The first-order chi connectivity index (χ1) is 19.6. The van der Waals surface area contributed by atoms with Gasteiger partial charge < -0.3 is 40.6 Å². The summed E-state index contributed by atoms with van der Waals surface area (Å²) in [7, 11) is 0. The molecule has 6 heterocycles. The Kier molecular flexibility index (Phi) is 7.16. The molecule has 2 aliphatic heterocycles. The monoisotopic (exact) mass is 615 g/mol. The highest BCUT2D eigenvalue weighted by Gasteiger charge is 2.50. The Hall–Kier alpha value is -3.27. The van der Waals surface area contributed by atoms with Crippen molar-refractivity contribution in [3.8, 4) is 0 Å². The third-order valence-electron chi connectivity index (χ3n) is 6.61. The minimum Gasteiger partial charge on any atom is -0.394 e. The molecule has 0 aromatic carbocycles. The molecular weight excluding hydrogens is 592 g/mol. The number of hydrogen-bond donors (Lipinski definition) is 6. The van der Waals surface area contributed by atoms with Gasteiger partial charge in [0.05, 0.1) is 31.2 Å². The van der Waals surface area contributed by atoms with Crippen LogP contribution in [0.4, 0.5) is 16.2 Å². The van der Waals surface area contributed by atoms with E-state index in [-0.39, 0.29) is 29.4 Å². The Morgan fingerprint density at radius 1 is 1.27 bits per heavy atom. The maximum atomic E-state index is 15.3. The van der Waals surface area contributed by atoms with Gasteiger partial charge in [0.1, 0.15) is 30.7 Å². The molecule has 8 N–H and O–H groups in total. The summed E-state index contributed by atoms with van der Waals surface area (Å²) in [5.41, 5.74) is 11.2.